The van der Waals surface area contributed by atoms with E-state index in [0.29, 0.717) is 33.2 Å². The number of methoxy groups -OCH3 is 1. The maximum Gasteiger partial charge on any atom is 0.253 e. The first-order valence-corrected chi connectivity index (χ1v) is 11.7. The van der Waals surface area contributed by atoms with E-state index in [2.05, 4.69) is 10.6 Å². The van der Waals surface area contributed by atoms with Gasteiger partial charge in [0, 0.05) is 21.7 Å². The minimum Gasteiger partial charge on any atom is -0.493 e. The first-order valence-electron chi connectivity index (χ1n) is 11.3. The number of benzene rings is 4. The number of carbonyl (C=O) groups excluding carboxylic acids is 2. The number of ether oxygens (including phenoxy) is 2. The SMILES string of the molecule is COc1cc(C(NC(=O)c2ccccc2)NC(=O)c2ccccc2)ccc1OCc1ccccc1Cl. The lowest BCUT2D eigenvalue weighted by Gasteiger charge is -2.22. The lowest BCUT2D eigenvalue weighted by molar-refractivity contribution is 0.0883. The van der Waals surface area contributed by atoms with Crippen molar-refractivity contribution in [3.8, 4) is 11.5 Å². The van der Waals surface area contributed by atoms with Gasteiger partial charge in [0.15, 0.2) is 11.5 Å². The monoisotopic (exact) mass is 500 g/mol. The average Bonchev–Trinajstić information content (AvgIpc) is 2.93. The molecule has 0 aliphatic heterocycles. The molecule has 6 nitrogen and oxygen atoms in total. The minimum absolute atomic E-state index is 0.258. The first-order chi connectivity index (χ1) is 17.5. The van der Waals surface area contributed by atoms with Gasteiger partial charge < -0.3 is 20.1 Å². The highest BCUT2D eigenvalue weighted by Crippen LogP contribution is 2.31. The summed E-state index contributed by atoms with van der Waals surface area (Å²) >= 11 is 6.24. The normalized spacial score (nSPS) is 10.5. The first kappa shape index (κ1) is 24.8. The highest BCUT2D eigenvalue weighted by molar-refractivity contribution is 6.31. The largest absolute Gasteiger partial charge is 0.493 e. The molecular weight excluding hydrogens is 476 g/mol. The zero-order chi connectivity index (χ0) is 25.3. The Morgan fingerprint density at radius 3 is 1.86 bits per heavy atom. The summed E-state index contributed by atoms with van der Waals surface area (Å²) in [6.45, 7) is 0.258. The van der Waals surface area contributed by atoms with E-state index >= 15 is 0 Å². The van der Waals surface area contributed by atoms with Crippen LogP contribution in [0.3, 0.4) is 0 Å². The van der Waals surface area contributed by atoms with Crippen molar-refractivity contribution in [2.24, 2.45) is 0 Å². The fraction of sp³-hybridized carbons (Fsp3) is 0.103. The van der Waals surface area contributed by atoms with Gasteiger partial charge in [-0.2, -0.15) is 0 Å². The van der Waals surface area contributed by atoms with Crippen LogP contribution < -0.4 is 20.1 Å². The fourth-order valence-electron chi connectivity index (χ4n) is 3.56. The number of rotatable bonds is 9. The minimum atomic E-state index is -0.822. The Balaban J connectivity index is 1.59. The molecule has 0 fully saturated rings. The maximum absolute atomic E-state index is 12.9. The molecule has 4 aromatic rings. The Morgan fingerprint density at radius 2 is 1.31 bits per heavy atom. The van der Waals surface area contributed by atoms with Gasteiger partial charge in [0.1, 0.15) is 12.8 Å². The molecular formula is C29H25ClN2O4. The van der Waals surface area contributed by atoms with Crippen LogP contribution in [0.25, 0.3) is 0 Å². The number of hydrogen-bond acceptors (Lipinski definition) is 4. The molecule has 2 amide bonds. The van der Waals surface area contributed by atoms with E-state index in [1.54, 1.807) is 72.8 Å². The second-order valence-electron chi connectivity index (χ2n) is 7.90. The van der Waals surface area contributed by atoms with Crippen LogP contribution >= 0.6 is 11.6 Å². The second-order valence-corrected chi connectivity index (χ2v) is 8.31. The van der Waals surface area contributed by atoms with Crippen molar-refractivity contribution >= 4 is 23.4 Å². The van der Waals surface area contributed by atoms with Gasteiger partial charge in [-0.05, 0) is 48.0 Å². The Kier molecular flexibility index (Phi) is 8.21. The van der Waals surface area contributed by atoms with Gasteiger partial charge in [0.2, 0.25) is 0 Å². The predicted molar refractivity (Wildman–Crippen MR) is 139 cm³/mol. The molecule has 0 aliphatic rings. The van der Waals surface area contributed by atoms with Gasteiger partial charge >= 0.3 is 0 Å². The van der Waals surface area contributed by atoms with Crippen LogP contribution in [0.15, 0.2) is 103 Å². The van der Waals surface area contributed by atoms with Gasteiger partial charge in [0.25, 0.3) is 11.8 Å². The summed E-state index contributed by atoms with van der Waals surface area (Å²) in [5.74, 6) is 0.301. The number of amides is 2. The fourth-order valence-corrected chi connectivity index (χ4v) is 3.75. The molecule has 0 aliphatic carbocycles. The second kappa shape index (κ2) is 11.9. The van der Waals surface area contributed by atoms with Crippen LogP contribution in [0.2, 0.25) is 5.02 Å². The zero-order valence-corrected chi connectivity index (χ0v) is 20.4. The van der Waals surface area contributed by atoms with Crippen molar-refractivity contribution in [2.45, 2.75) is 12.8 Å². The van der Waals surface area contributed by atoms with E-state index in [4.69, 9.17) is 21.1 Å². The van der Waals surface area contributed by atoms with E-state index in [9.17, 15) is 9.59 Å². The van der Waals surface area contributed by atoms with Crippen molar-refractivity contribution in [3.63, 3.8) is 0 Å². The molecule has 0 bridgehead atoms. The highest BCUT2D eigenvalue weighted by Gasteiger charge is 2.21. The third-order valence-electron chi connectivity index (χ3n) is 5.48. The van der Waals surface area contributed by atoms with Crippen LogP contribution in [0.4, 0.5) is 0 Å². The topological polar surface area (TPSA) is 76.7 Å². The van der Waals surface area contributed by atoms with Gasteiger partial charge in [-0.3, -0.25) is 9.59 Å². The summed E-state index contributed by atoms with van der Waals surface area (Å²) in [5.41, 5.74) is 2.41. The molecule has 0 radical (unpaired) electrons. The zero-order valence-electron chi connectivity index (χ0n) is 19.6. The molecule has 7 heteroatoms. The van der Waals surface area contributed by atoms with Crippen LogP contribution in [-0.4, -0.2) is 18.9 Å². The van der Waals surface area contributed by atoms with Gasteiger partial charge in [-0.15, -0.1) is 0 Å². The van der Waals surface area contributed by atoms with Crippen molar-refractivity contribution in [1.29, 1.82) is 0 Å². The molecule has 0 saturated carbocycles. The summed E-state index contributed by atoms with van der Waals surface area (Å²) in [4.78, 5) is 25.9. The van der Waals surface area contributed by atoms with Crippen LogP contribution in [0, 0.1) is 0 Å². The summed E-state index contributed by atoms with van der Waals surface area (Å²) in [6, 6.07) is 30.3. The Bertz CT molecular complexity index is 1280. The molecule has 0 spiro atoms. The maximum atomic E-state index is 12.9. The molecule has 4 aromatic carbocycles. The Hall–Kier alpha value is -4.29. The number of hydrogen-bond donors (Lipinski definition) is 2. The van der Waals surface area contributed by atoms with E-state index in [1.165, 1.54) is 7.11 Å². The molecule has 182 valence electrons. The molecule has 0 heterocycles. The lowest BCUT2D eigenvalue weighted by Crippen LogP contribution is -2.41. The van der Waals surface area contributed by atoms with E-state index in [1.807, 2.05) is 30.3 Å². The third kappa shape index (κ3) is 6.23. The summed E-state index contributed by atoms with van der Waals surface area (Å²) in [6.07, 6.45) is -0.822. The van der Waals surface area contributed by atoms with E-state index in [0.717, 1.165) is 5.56 Å². The standard InChI is InChI=1S/C29H25ClN2O4/c1-35-26-18-22(16-17-25(26)36-19-23-14-8-9-15-24(23)30)27(31-28(33)20-10-4-2-5-11-20)32-29(34)21-12-6-3-7-13-21/h2-18,27H,19H2,1H3,(H,31,33)(H,32,34). The number of nitrogens with one attached hydrogen (secondary N) is 2. The molecule has 0 unspecified atom stereocenters. The van der Waals surface area contributed by atoms with E-state index in [-0.39, 0.29) is 18.4 Å². The molecule has 2 N–H and O–H groups in total. The Labute approximate surface area is 214 Å². The number of halogens is 1. The highest BCUT2D eigenvalue weighted by atomic mass is 35.5. The number of carbonyl (C=O) groups is 2. The average molecular weight is 501 g/mol. The lowest BCUT2D eigenvalue weighted by atomic mass is 10.1. The molecule has 0 atom stereocenters. The predicted octanol–water partition coefficient (Wildman–Crippen LogP) is 5.79. The van der Waals surface area contributed by atoms with Crippen LogP contribution in [0.5, 0.6) is 11.5 Å². The van der Waals surface area contributed by atoms with Crippen molar-refractivity contribution < 1.29 is 19.1 Å². The molecule has 36 heavy (non-hydrogen) atoms. The molecule has 4 rings (SSSR count). The quantitative estimate of drug-likeness (QED) is 0.285. The van der Waals surface area contributed by atoms with Crippen LogP contribution in [-0.2, 0) is 6.61 Å². The van der Waals surface area contributed by atoms with Crippen molar-refractivity contribution in [1.82, 2.24) is 10.6 Å². The summed E-state index contributed by atoms with van der Waals surface area (Å²) < 4.78 is 11.5. The summed E-state index contributed by atoms with van der Waals surface area (Å²) in [7, 11) is 1.53. The van der Waals surface area contributed by atoms with Gasteiger partial charge in [-0.25, -0.2) is 0 Å². The van der Waals surface area contributed by atoms with Crippen molar-refractivity contribution in [2.75, 3.05) is 7.11 Å². The molecule has 0 saturated heterocycles. The summed E-state index contributed by atoms with van der Waals surface area (Å²) in [5, 5.41) is 6.41. The molecule has 0 aromatic heterocycles. The van der Waals surface area contributed by atoms with Gasteiger partial charge in [0.05, 0.1) is 7.11 Å². The van der Waals surface area contributed by atoms with E-state index < -0.39 is 6.17 Å². The Morgan fingerprint density at radius 1 is 0.750 bits per heavy atom. The van der Waals surface area contributed by atoms with Crippen LogP contribution in [0.1, 0.15) is 38.0 Å². The van der Waals surface area contributed by atoms with Crippen molar-refractivity contribution in [3.05, 3.63) is 130 Å². The third-order valence-corrected chi connectivity index (χ3v) is 5.85. The van der Waals surface area contributed by atoms with Gasteiger partial charge in [-0.1, -0.05) is 72.3 Å². The smallest absolute Gasteiger partial charge is 0.253 e.